The van der Waals surface area contributed by atoms with E-state index >= 15 is 0 Å². The summed E-state index contributed by atoms with van der Waals surface area (Å²) in [6, 6.07) is 56.5. The fourth-order valence-corrected chi connectivity index (χ4v) is 12.8. The van der Waals surface area contributed by atoms with Crippen LogP contribution in [0.4, 0.5) is 17.1 Å². The molecular weight excluding hydrogens is 792 g/mol. The average molecular weight is 843 g/mol. The van der Waals surface area contributed by atoms with Crippen LogP contribution in [0.25, 0.3) is 86.5 Å². The van der Waals surface area contributed by atoms with Gasteiger partial charge in [0.25, 0.3) is 0 Å². The van der Waals surface area contributed by atoms with Crippen molar-refractivity contribution < 1.29 is 0 Å². The van der Waals surface area contributed by atoms with Crippen LogP contribution in [0.3, 0.4) is 0 Å². The van der Waals surface area contributed by atoms with Crippen molar-refractivity contribution in [3.8, 4) is 22.3 Å². The molecule has 0 amide bonds. The number of para-hydroxylation sites is 1. The van der Waals surface area contributed by atoms with E-state index in [1.807, 2.05) is 11.3 Å². The smallest absolute Gasteiger partial charge is 0.343 e. The molecule has 64 heavy (non-hydrogen) atoms. The molecule has 0 saturated heterocycles. The molecule has 0 N–H and O–H groups in total. The number of benzene rings is 9. The van der Waals surface area contributed by atoms with Crippen LogP contribution in [0.5, 0.6) is 0 Å². The first-order valence-electron chi connectivity index (χ1n) is 23.0. The Morgan fingerprint density at radius 2 is 1.11 bits per heavy atom. The van der Waals surface area contributed by atoms with Crippen molar-refractivity contribution in [3.05, 3.63) is 162 Å². The molecule has 0 unspecified atom stereocenters. The van der Waals surface area contributed by atoms with Crippen LogP contribution in [0, 0.1) is 0 Å². The van der Waals surface area contributed by atoms with Gasteiger partial charge in [0.15, 0.2) is 0 Å². The van der Waals surface area contributed by atoms with E-state index in [-0.39, 0.29) is 23.1 Å². The van der Waals surface area contributed by atoms with Crippen molar-refractivity contribution in [1.29, 1.82) is 0 Å². The summed E-state index contributed by atoms with van der Waals surface area (Å²) in [5.41, 5.74) is 17.1. The first-order valence-corrected chi connectivity index (χ1v) is 23.9. The van der Waals surface area contributed by atoms with Gasteiger partial charge in [0.2, 0.25) is 0 Å². The number of hydrogen-bond donors (Lipinski definition) is 0. The predicted molar refractivity (Wildman–Crippen MR) is 281 cm³/mol. The van der Waals surface area contributed by atoms with Crippen molar-refractivity contribution in [1.82, 2.24) is 4.48 Å². The summed E-state index contributed by atoms with van der Waals surface area (Å²) in [6.45, 7) is 21.1. The molecule has 2 aliphatic heterocycles. The van der Waals surface area contributed by atoms with Crippen LogP contribution in [-0.4, -0.2) is 11.3 Å². The molecule has 0 aliphatic carbocycles. The number of nitrogens with zero attached hydrogens (tertiary/aromatic N) is 2. The molecule has 0 fully saturated rings. The second-order valence-corrected chi connectivity index (χ2v) is 22.8. The van der Waals surface area contributed by atoms with Crippen molar-refractivity contribution in [2.24, 2.45) is 0 Å². The molecule has 4 heteroatoms. The molecule has 4 heterocycles. The lowest BCUT2D eigenvalue weighted by atomic mass is 9.47. The molecule has 0 spiro atoms. The van der Waals surface area contributed by atoms with Gasteiger partial charge in [0.1, 0.15) is 0 Å². The van der Waals surface area contributed by atoms with E-state index in [0.29, 0.717) is 0 Å². The molecule has 9 aromatic carbocycles. The molecular formula is C60H51BN2S. The van der Waals surface area contributed by atoms with E-state index in [1.54, 1.807) is 0 Å². The fourth-order valence-electron chi connectivity index (χ4n) is 11.5. The minimum absolute atomic E-state index is 0.0117. The van der Waals surface area contributed by atoms with Gasteiger partial charge in [-0.15, -0.1) is 11.3 Å². The van der Waals surface area contributed by atoms with Crippen LogP contribution in [0.15, 0.2) is 146 Å². The summed E-state index contributed by atoms with van der Waals surface area (Å²) >= 11 is 1.98. The minimum Gasteiger partial charge on any atom is -0.375 e. The Bertz CT molecular complexity index is 3770. The van der Waals surface area contributed by atoms with E-state index in [4.69, 9.17) is 0 Å². The van der Waals surface area contributed by atoms with Crippen LogP contribution in [-0.2, 0) is 16.2 Å². The van der Waals surface area contributed by atoms with Crippen LogP contribution < -0.4 is 15.1 Å². The first-order chi connectivity index (χ1) is 30.7. The van der Waals surface area contributed by atoms with Gasteiger partial charge in [-0.05, 0) is 107 Å². The summed E-state index contributed by atoms with van der Waals surface area (Å²) in [7, 11) is 0. The van der Waals surface area contributed by atoms with Crippen LogP contribution in [0.1, 0.15) is 79.0 Å². The third kappa shape index (κ3) is 5.09. The van der Waals surface area contributed by atoms with Gasteiger partial charge in [-0.1, -0.05) is 172 Å². The third-order valence-corrected chi connectivity index (χ3v) is 15.9. The number of fused-ring (bicyclic) bond motifs is 11. The molecule has 11 aromatic rings. The Hall–Kier alpha value is -6.36. The van der Waals surface area contributed by atoms with Gasteiger partial charge in [0, 0.05) is 58.6 Å². The molecule has 2 nitrogen and oxygen atoms in total. The van der Waals surface area contributed by atoms with E-state index in [1.165, 1.54) is 130 Å². The van der Waals surface area contributed by atoms with Gasteiger partial charge < -0.3 is 9.38 Å². The standard InChI is InChI=1S/C60H51BN2S/c1-58(2,3)37-25-28-48-44(31-37)45-32-39(60(7,8)9)33-46-52-42-26-23-35-29-38(59(4,5)6)30-36-24-27-43(51(42)50(35)36)55-53(52)61(63(48)54(45)46)57-56(41-20-14-16-22-49(41)64-57)62(55)47-21-15-13-19-40(47)34-17-11-10-12-18-34/h10-33H,1-9H3. The van der Waals surface area contributed by atoms with E-state index in [9.17, 15) is 0 Å². The van der Waals surface area contributed by atoms with E-state index < -0.39 is 0 Å². The zero-order valence-electron chi connectivity index (χ0n) is 38.2. The molecule has 0 bridgehead atoms. The minimum atomic E-state index is -0.0654. The van der Waals surface area contributed by atoms with Crippen molar-refractivity contribution in [2.45, 2.75) is 78.6 Å². The molecule has 13 rings (SSSR count). The maximum atomic E-state index is 2.77. The summed E-state index contributed by atoms with van der Waals surface area (Å²) < 4.78 is 5.48. The average Bonchev–Trinajstić information content (AvgIpc) is 3.82. The van der Waals surface area contributed by atoms with Gasteiger partial charge >= 0.3 is 6.85 Å². The zero-order valence-corrected chi connectivity index (χ0v) is 39.1. The monoisotopic (exact) mass is 842 g/mol. The molecule has 0 atom stereocenters. The van der Waals surface area contributed by atoms with Gasteiger partial charge in [-0.2, -0.15) is 0 Å². The Kier molecular flexibility index (Phi) is 7.55. The summed E-state index contributed by atoms with van der Waals surface area (Å²) in [5, 5.41) is 12.0. The number of aromatic nitrogens is 1. The maximum absolute atomic E-state index is 2.77. The zero-order chi connectivity index (χ0) is 43.8. The Morgan fingerprint density at radius 1 is 0.469 bits per heavy atom. The van der Waals surface area contributed by atoms with Crippen LogP contribution in [0.2, 0.25) is 0 Å². The lowest BCUT2D eigenvalue weighted by Gasteiger charge is -2.41. The van der Waals surface area contributed by atoms with E-state index in [2.05, 4.69) is 217 Å². The molecule has 0 saturated carbocycles. The highest BCUT2D eigenvalue weighted by Crippen LogP contribution is 2.55. The second-order valence-electron chi connectivity index (χ2n) is 21.7. The highest BCUT2D eigenvalue weighted by atomic mass is 32.1. The van der Waals surface area contributed by atoms with Crippen molar-refractivity contribution in [3.63, 3.8) is 0 Å². The molecule has 2 aromatic heterocycles. The summed E-state index contributed by atoms with van der Waals surface area (Å²) in [4.78, 5) is 2.71. The Morgan fingerprint density at radius 3 is 1.84 bits per heavy atom. The highest BCUT2D eigenvalue weighted by molar-refractivity contribution is 7.32. The third-order valence-electron chi connectivity index (χ3n) is 14.7. The lowest BCUT2D eigenvalue weighted by molar-refractivity contribution is 0.590. The molecule has 0 radical (unpaired) electrons. The van der Waals surface area contributed by atoms with Crippen LogP contribution >= 0.6 is 11.3 Å². The maximum Gasteiger partial charge on any atom is 0.343 e. The first kappa shape index (κ1) is 38.1. The largest absolute Gasteiger partial charge is 0.375 e. The lowest BCUT2D eigenvalue weighted by Crippen LogP contribution is -2.55. The summed E-state index contributed by atoms with van der Waals surface area (Å²) in [5.74, 6) is 0. The van der Waals surface area contributed by atoms with Gasteiger partial charge in [-0.3, -0.25) is 0 Å². The highest BCUT2D eigenvalue weighted by Gasteiger charge is 2.47. The molecule has 310 valence electrons. The fraction of sp³-hybridized carbons (Fsp3) is 0.200. The van der Waals surface area contributed by atoms with Crippen molar-refractivity contribution in [2.75, 3.05) is 4.90 Å². The second kappa shape index (κ2) is 12.7. The number of thiophene rings is 1. The normalized spacial score (nSPS) is 14.0. The number of rotatable bonds is 2. The number of hydrogen-bond acceptors (Lipinski definition) is 2. The quantitative estimate of drug-likeness (QED) is 0.124. The predicted octanol–water partition coefficient (Wildman–Crippen LogP) is 15.9. The van der Waals surface area contributed by atoms with Gasteiger partial charge in [-0.25, -0.2) is 0 Å². The topological polar surface area (TPSA) is 8.17 Å². The van der Waals surface area contributed by atoms with Gasteiger partial charge in [0.05, 0.1) is 17.1 Å². The van der Waals surface area contributed by atoms with Crippen molar-refractivity contribution >= 4 is 110 Å². The summed E-state index contributed by atoms with van der Waals surface area (Å²) in [6.07, 6.45) is 0. The Balaban J connectivity index is 1.29. The SMILES string of the molecule is CC(C)(C)c1cc2ccc3c4c5c(c6ccc(c1)c2c36)N(c1ccccc1-c1ccccc1)c1c(sc2ccccc12)B5n1c2ccc(C(C)(C)C)cc2c2cc(C(C)(C)C)cc-4c21. The molecule has 2 aliphatic rings. The number of anilines is 3. The Labute approximate surface area is 380 Å². The van der Waals surface area contributed by atoms with E-state index in [0.717, 1.165) is 0 Å².